The third kappa shape index (κ3) is 3.12. The molecule has 0 saturated carbocycles. The van der Waals surface area contributed by atoms with Crippen LogP contribution in [0.2, 0.25) is 0 Å². The summed E-state index contributed by atoms with van der Waals surface area (Å²) >= 11 is 0.962. The van der Waals surface area contributed by atoms with Crippen molar-refractivity contribution in [2.45, 2.75) is 12.2 Å². The molecule has 102 valence electrons. The molecular weight excluding hydrogens is 275 g/mol. The SMILES string of the molecule is NCC(N)c1ccc(-c2nc(C(F)(F)F)cs2)cc1. The summed E-state index contributed by atoms with van der Waals surface area (Å²) in [5, 5.41) is 1.34. The summed E-state index contributed by atoms with van der Waals surface area (Å²) in [4.78, 5) is 3.58. The Morgan fingerprint density at radius 2 is 1.84 bits per heavy atom. The van der Waals surface area contributed by atoms with Gasteiger partial charge in [0.2, 0.25) is 0 Å². The minimum absolute atomic E-state index is 0.268. The summed E-state index contributed by atoms with van der Waals surface area (Å²) in [6.45, 7) is 0.314. The Morgan fingerprint density at radius 1 is 1.21 bits per heavy atom. The van der Waals surface area contributed by atoms with Crippen LogP contribution in [0.1, 0.15) is 17.3 Å². The predicted octanol–water partition coefficient (Wildman–Crippen LogP) is 2.79. The van der Waals surface area contributed by atoms with Gasteiger partial charge in [0.1, 0.15) is 5.01 Å². The van der Waals surface area contributed by atoms with Gasteiger partial charge in [-0.15, -0.1) is 11.3 Å². The lowest BCUT2D eigenvalue weighted by Gasteiger charge is -2.09. The Labute approximate surface area is 112 Å². The second-order valence-corrected chi connectivity index (χ2v) is 4.86. The maximum absolute atomic E-state index is 12.4. The van der Waals surface area contributed by atoms with E-state index in [1.807, 2.05) is 0 Å². The fraction of sp³-hybridized carbons (Fsp3) is 0.250. The van der Waals surface area contributed by atoms with E-state index in [9.17, 15) is 13.2 Å². The fourth-order valence-corrected chi connectivity index (χ4v) is 2.38. The lowest BCUT2D eigenvalue weighted by Crippen LogP contribution is -2.20. The predicted molar refractivity (Wildman–Crippen MR) is 68.5 cm³/mol. The molecule has 0 radical (unpaired) electrons. The Kier molecular flexibility index (Phi) is 3.88. The molecule has 0 aliphatic rings. The van der Waals surface area contributed by atoms with Crippen molar-refractivity contribution < 1.29 is 13.2 Å². The normalized spacial score (nSPS) is 13.5. The molecule has 7 heteroatoms. The van der Waals surface area contributed by atoms with Gasteiger partial charge in [0, 0.05) is 23.5 Å². The molecule has 3 nitrogen and oxygen atoms in total. The van der Waals surface area contributed by atoms with Gasteiger partial charge < -0.3 is 11.5 Å². The molecule has 1 aromatic carbocycles. The Morgan fingerprint density at radius 3 is 2.32 bits per heavy atom. The summed E-state index contributed by atoms with van der Waals surface area (Å²) in [5.41, 5.74) is 11.8. The van der Waals surface area contributed by atoms with Crippen LogP contribution >= 0.6 is 11.3 Å². The largest absolute Gasteiger partial charge is 0.434 e. The molecule has 1 atom stereocenters. The highest BCUT2D eigenvalue weighted by Crippen LogP contribution is 2.33. The van der Waals surface area contributed by atoms with Crippen LogP contribution in [0.25, 0.3) is 10.6 Å². The second kappa shape index (κ2) is 5.28. The lowest BCUT2D eigenvalue weighted by atomic mass is 10.1. The molecule has 0 aliphatic carbocycles. The van der Waals surface area contributed by atoms with Gasteiger partial charge in [-0.05, 0) is 5.56 Å². The van der Waals surface area contributed by atoms with Crippen LogP contribution in [0, 0.1) is 0 Å². The molecule has 0 aliphatic heterocycles. The zero-order valence-electron chi connectivity index (χ0n) is 9.82. The number of hydrogen-bond acceptors (Lipinski definition) is 4. The van der Waals surface area contributed by atoms with Gasteiger partial charge in [-0.25, -0.2) is 4.98 Å². The quantitative estimate of drug-likeness (QED) is 0.912. The molecule has 1 aromatic heterocycles. The number of hydrogen-bond donors (Lipinski definition) is 2. The smallest absolute Gasteiger partial charge is 0.329 e. The molecule has 19 heavy (non-hydrogen) atoms. The van der Waals surface area contributed by atoms with E-state index < -0.39 is 11.9 Å². The van der Waals surface area contributed by atoms with Crippen LogP contribution in [0.5, 0.6) is 0 Å². The first kappa shape index (κ1) is 14.0. The van der Waals surface area contributed by atoms with E-state index in [0.29, 0.717) is 17.1 Å². The van der Waals surface area contributed by atoms with E-state index in [2.05, 4.69) is 4.98 Å². The fourth-order valence-electron chi connectivity index (χ4n) is 1.55. The lowest BCUT2D eigenvalue weighted by molar-refractivity contribution is -0.140. The summed E-state index contributed by atoms with van der Waals surface area (Å²) < 4.78 is 37.3. The van der Waals surface area contributed by atoms with E-state index in [1.165, 1.54) is 0 Å². The third-order valence-corrected chi connectivity index (χ3v) is 3.53. The van der Waals surface area contributed by atoms with Gasteiger partial charge in [0.25, 0.3) is 0 Å². The average molecular weight is 287 g/mol. The van der Waals surface area contributed by atoms with Crippen molar-refractivity contribution in [3.63, 3.8) is 0 Å². The number of aromatic nitrogens is 1. The highest BCUT2D eigenvalue weighted by atomic mass is 32.1. The maximum atomic E-state index is 12.4. The molecule has 2 rings (SSSR count). The van der Waals surface area contributed by atoms with Crippen molar-refractivity contribution in [1.82, 2.24) is 4.98 Å². The molecule has 2 aromatic rings. The zero-order chi connectivity index (χ0) is 14.0. The highest BCUT2D eigenvalue weighted by molar-refractivity contribution is 7.13. The van der Waals surface area contributed by atoms with Crippen LogP contribution < -0.4 is 11.5 Å². The van der Waals surface area contributed by atoms with E-state index in [0.717, 1.165) is 22.3 Å². The summed E-state index contributed by atoms with van der Waals surface area (Å²) in [6.07, 6.45) is -4.41. The Hall–Kier alpha value is -1.44. The third-order valence-electron chi connectivity index (χ3n) is 2.63. The van der Waals surface area contributed by atoms with Crippen LogP contribution in [0.15, 0.2) is 29.6 Å². The Bertz CT molecular complexity index is 548. The number of thiazole rings is 1. The van der Waals surface area contributed by atoms with Gasteiger partial charge in [0.05, 0.1) is 0 Å². The molecule has 0 bridgehead atoms. The minimum Gasteiger partial charge on any atom is -0.329 e. The van der Waals surface area contributed by atoms with Gasteiger partial charge in [-0.2, -0.15) is 13.2 Å². The number of nitrogens with zero attached hydrogens (tertiary/aromatic N) is 1. The second-order valence-electron chi connectivity index (χ2n) is 4.00. The number of halogens is 3. The van der Waals surface area contributed by atoms with Gasteiger partial charge in [-0.3, -0.25) is 0 Å². The average Bonchev–Trinajstić information content (AvgIpc) is 2.87. The number of rotatable bonds is 3. The van der Waals surface area contributed by atoms with Gasteiger partial charge >= 0.3 is 6.18 Å². The van der Waals surface area contributed by atoms with E-state index in [-0.39, 0.29) is 6.04 Å². The Balaban J connectivity index is 2.25. The first-order chi connectivity index (χ1) is 8.91. The molecule has 4 N–H and O–H groups in total. The van der Waals surface area contributed by atoms with Crippen LogP contribution in [-0.2, 0) is 6.18 Å². The number of alkyl halides is 3. The first-order valence-electron chi connectivity index (χ1n) is 5.50. The zero-order valence-corrected chi connectivity index (χ0v) is 10.6. The van der Waals surface area contributed by atoms with Crippen molar-refractivity contribution in [2.75, 3.05) is 6.54 Å². The topological polar surface area (TPSA) is 64.9 Å². The van der Waals surface area contributed by atoms with Crippen molar-refractivity contribution >= 4 is 11.3 Å². The van der Waals surface area contributed by atoms with Crippen molar-refractivity contribution in [3.05, 3.63) is 40.9 Å². The molecule has 1 unspecified atom stereocenters. The van der Waals surface area contributed by atoms with Crippen molar-refractivity contribution in [3.8, 4) is 10.6 Å². The van der Waals surface area contributed by atoms with Crippen LogP contribution in [0.3, 0.4) is 0 Å². The minimum atomic E-state index is -4.41. The standard InChI is InChI=1S/C12H12F3N3S/c13-12(14,15)10-6-19-11(18-10)8-3-1-7(2-4-8)9(17)5-16/h1-4,6,9H,5,16-17H2. The number of nitrogens with two attached hydrogens (primary N) is 2. The maximum Gasteiger partial charge on any atom is 0.434 e. The van der Waals surface area contributed by atoms with E-state index >= 15 is 0 Å². The molecule has 0 spiro atoms. The molecule has 0 saturated heterocycles. The first-order valence-corrected chi connectivity index (χ1v) is 6.38. The summed E-state index contributed by atoms with van der Waals surface area (Å²) in [6, 6.07) is 6.63. The number of benzene rings is 1. The van der Waals surface area contributed by atoms with Gasteiger partial charge in [-0.1, -0.05) is 24.3 Å². The summed E-state index contributed by atoms with van der Waals surface area (Å²) in [5.74, 6) is 0. The molecular formula is C12H12F3N3S. The van der Waals surface area contributed by atoms with E-state index in [1.54, 1.807) is 24.3 Å². The monoisotopic (exact) mass is 287 g/mol. The summed E-state index contributed by atoms with van der Waals surface area (Å²) in [7, 11) is 0. The molecule has 1 heterocycles. The van der Waals surface area contributed by atoms with E-state index in [4.69, 9.17) is 11.5 Å². The molecule has 0 amide bonds. The highest BCUT2D eigenvalue weighted by Gasteiger charge is 2.33. The van der Waals surface area contributed by atoms with Crippen molar-refractivity contribution in [1.29, 1.82) is 0 Å². The van der Waals surface area contributed by atoms with Crippen molar-refractivity contribution in [2.24, 2.45) is 11.5 Å². The van der Waals surface area contributed by atoms with Crippen LogP contribution in [-0.4, -0.2) is 11.5 Å². The van der Waals surface area contributed by atoms with Crippen LogP contribution in [0.4, 0.5) is 13.2 Å². The van der Waals surface area contributed by atoms with Gasteiger partial charge in [0.15, 0.2) is 5.69 Å². The molecule has 0 fully saturated rings.